The predicted molar refractivity (Wildman–Crippen MR) is 178 cm³/mol. The van der Waals surface area contributed by atoms with Crippen LogP contribution in [0.5, 0.6) is 0 Å². The molecule has 6 rings (SSSR count). The van der Waals surface area contributed by atoms with Crippen molar-refractivity contribution < 1.29 is 19.2 Å². The number of nitrogens with zero attached hydrogens (tertiary/aromatic N) is 4. The third-order valence-electron chi connectivity index (χ3n) is 8.45. The maximum Gasteiger partial charge on any atom is 0.254 e. The second-order valence-corrected chi connectivity index (χ2v) is 13.1. The smallest absolute Gasteiger partial charge is 0.254 e. The molecular weight excluding hydrogens is 608 g/mol. The highest BCUT2D eigenvalue weighted by molar-refractivity contribution is 7.99. The average molecular weight is 643 g/mol. The molecule has 45 heavy (non-hydrogen) atoms. The van der Waals surface area contributed by atoms with Gasteiger partial charge in [0.15, 0.2) is 0 Å². The van der Waals surface area contributed by atoms with Crippen LogP contribution in [0.2, 0.25) is 5.02 Å². The van der Waals surface area contributed by atoms with Gasteiger partial charge in [0.05, 0.1) is 6.54 Å². The first-order valence-electron chi connectivity index (χ1n) is 15.2. The van der Waals surface area contributed by atoms with Gasteiger partial charge in [-0.05, 0) is 65.6 Å². The number of carbonyl (C=O) groups is 4. The van der Waals surface area contributed by atoms with E-state index in [1.807, 2.05) is 59.1 Å². The first-order chi connectivity index (χ1) is 21.9. The van der Waals surface area contributed by atoms with Crippen LogP contribution >= 0.6 is 23.4 Å². The van der Waals surface area contributed by atoms with Gasteiger partial charge in [0.25, 0.3) is 11.8 Å². The van der Waals surface area contributed by atoms with Crippen LogP contribution in [-0.2, 0) is 29.1 Å². The number of amides is 4. The van der Waals surface area contributed by atoms with Crippen molar-refractivity contribution in [1.29, 1.82) is 0 Å². The fraction of sp³-hybridized carbons (Fsp3) is 0.314. The Balaban J connectivity index is 1.25. The van der Waals surface area contributed by atoms with Gasteiger partial charge in [-0.1, -0.05) is 48.0 Å². The molecule has 8 nitrogen and oxygen atoms in total. The Kier molecular flexibility index (Phi) is 9.56. The minimum atomic E-state index is -0.249. The van der Waals surface area contributed by atoms with Crippen molar-refractivity contribution in [3.63, 3.8) is 0 Å². The highest BCUT2D eigenvalue weighted by Crippen LogP contribution is 2.30. The number of aryl methyl sites for hydroxylation is 1. The van der Waals surface area contributed by atoms with Crippen LogP contribution in [0.25, 0.3) is 0 Å². The van der Waals surface area contributed by atoms with Crippen molar-refractivity contribution in [2.45, 2.75) is 25.9 Å². The number of fused-ring (bicyclic) bond motifs is 1. The summed E-state index contributed by atoms with van der Waals surface area (Å²) >= 11 is 7.92. The number of thioether (sulfide) groups is 1. The first-order valence-corrected chi connectivity index (χ1v) is 16.7. The Labute approximate surface area is 272 Å². The predicted octanol–water partition coefficient (Wildman–Crippen LogP) is 5.05. The number of hydrogen-bond acceptors (Lipinski definition) is 5. The van der Waals surface area contributed by atoms with E-state index in [1.54, 1.807) is 51.1 Å². The van der Waals surface area contributed by atoms with Crippen molar-refractivity contribution in [1.82, 2.24) is 14.7 Å². The molecule has 3 aliphatic rings. The zero-order chi connectivity index (χ0) is 31.3. The molecule has 1 saturated heterocycles. The summed E-state index contributed by atoms with van der Waals surface area (Å²) in [5, 5.41) is 0.532. The van der Waals surface area contributed by atoms with E-state index in [2.05, 4.69) is 0 Å². The summed E-state index contributed by atoms with van der Waals surface area (Å²) < 4.78 is 0. The summed E-state index contributed by atoms with van der Waals surface area (Å²) in [5.74, 6) is 1.60. The van der Waals surface area contributed by atoms with E-state index < -0.39 is 0 Å². The maximum atomic E-state index is 13.9. The summed E-state index contributed by atoms with van der Waals surface area (Å²) in [6.45, 7) is 3.24. The van der Waals surface area contributed by atoms with Crippen molar-refractivity contribution >= 4 is 52.7 Å². The normalized spacial score (nSPS) is 16.5. The monoisotopic (exact) mass is 642 g/mol. The molecule has 232 valence electrons. The van der Waals surface area contributed by atoms with E-state index in [-0.39, 0.29) is 43.3 Å². The van der Waals surface area contributed by atoms with E-state index in [0.29, 0.717) is 42.1 Å². The molecule has 0 aromatic heterocycles. The van der Waals surface area contributed by atoms with E-state index >= 15 is 0 Å². The Hall–Kier alpha value is -4.08. The van der Waals surface area contributed by atoms with Gasteiger partial charge in [-0.2, -0.15) is 11.8 Å². The molecule has 0 aliphatic carbocycles. The van der Waals surface area contributed by atoms with Crippen LogP contribution in [0.3, 0.4) is 0 Å². The summed E-state index contributed by atoms with van der Waals surface area (Å²) in [6, 6.07) is 20.0. The molecule has 0 N–H and O–H groups in total. The Morgan fingerprint density at radius 1 is 0.733 bits per heavy atom. The summed E-state index contributed by atoms with van der Waals surface area (Å²) in [6.07, 6.45) is 4.92. The van der Waals surface area contributed by atoms with Crippen LogP contribution in [0.1, 0.15) is 43.8 Å². The number of carbonyl (C=O) groups excluding carboxylic acids is 4. The zero-order valence-electron chi connectivity index (χ0n) is 25.0. The van der Waals surface area contributed by atoms with E-state index in [4.69, 9.17) is 11.6 Å². The fourth-order valence-electron chi connectivity index (χ4n) is 5.87. The number of anilines is 1. The molecule has 0 atom stereocenters. The Morgan fingerprint density at radius 2 is 1.36 bits per heavy atom. The van der Waals surface area contributed by atoms with Gasteiger partial charge in [-0.3, -0.25) is 19.2 Å². The number of hydrogen-bond donors (Lipinski definition) is 0. The molecule has 4 amide bonds. The molecule has 3 aromatic rings. The zero-order valence-corrected chi connectivity index (χ0v) is 26.6. The number of rotatable bonds is 7. The second kappa shape index (κ2) is 13.9. The summed E-state index contributed by atoms with van der Waals surface area (Å²) in [7, 11) is 0. The molecule has 0 bridgehead atoms. The molecule has 0 spiro atoms. The quantitative estimate of drug-likeness (QED) is 0.337. The fourth-order valence-corrected chi connectivity index (χ4v) is 6.90. The van der Waals surface area contributed by atoms with Crippen molar-refractivity contribution in [2.24, 2.45) is 0 Å². The van der Waals surface area contributed by atoms with Crippen LogP contribution in [-0.4, -0.2) is 82.6 Å². The van der Waals surface area contributed by atoms with E-state index in [9.17, 15) is 19.2 Å². The Morgan fingerprint density at radius 3 is 2.04 bits per heavy atom. The molecule has 0 unspecified atom stereocenters. The maximum absolute atomic E-state index is 13.9. The SMILES string of the molecule is O=C(CCc1ccc2c(c1)N(Cc1ccc(C(=O)N3CC=CC3)cc1)C(=O)CN(C(=O)c1ccc(Cl)cc1)C2)N1CCSCC1. The number of benzene rings is 3. The van der Waals surface area contributed by atoms with Gasteiger partial charge in [-0.15, -0.1) is 0 Å². The van der Waals surface area contributed by atoms with Crippen molar-refractivity contribution in [3.05, 3.63) is 112 Å². The molecule has 0 saturated carbocycles. The third-order valence-corrected chi connectivity index (χ3v) is 9.64. The summed E-state index contributed by atoms with van der Waals surface area (Å²) in [4.78, 5) is 60.1. The van der Waals surface area contributed by atoms with Crippen molar-refractivity contribution in [2.75, 3.05) is 49.1 Å². The average Bonchev–Trinajstić information content (AvgIpc) is 3.58. The largest absolute Gasteiger partial charge is 0.341 e. The highest BCUT2D eigenvalue weighted by Gasteiger charge is 2.30. The Bertz CT molecular complexity index is 1610. The molecule has 0 radical (unpaired) electrons. The van der Waals surface area contributed by atoms with Crippen LogP contribution in [0, 0.1) is 0 Å². The molecule has 3 aliphatic heterocycles. The molecule has 3 aromatic carbocycles. The molecule has 10 heteroatoms. The van der Waals surface area contributed by atoms with Gasteiger partial charge in [0, 0.05) is 72.5 Å². The highest BCUT2D eigenvalue weighted by atomic mass is 35.5. The third kappa shape index (κ3) is 7.26. The lowest BCUT2D eigenvalue weighted by Crippen LogP contribution is -2.39. The molecule has 3 heterocycles. The minimum Gasteiger partial charge on any atom is -0.341 e. The van der Waals surface area contributed by atoms with Crippen molar-refractivity contribution in [3.8, 4) is 0 Å². The second-order valence-electron chi connectivity index (χ2n) is 11.5. The molecule has 1 fully saturated rings. The minimum absolute atomic E-state index is 0.0263. The first kappa shape index (κ1) is 30.9. The van der Waals surface area contributed by atoms with Gasteiger partial charge in [-0.25, -0.2) is 0 Å². The van der Waals surface area contributed by atoms with E-state index in [0.717, 1.165) is 47.0 Å². The van der Waals surface area contributed by atoms with E-state index in [1.165, 1.54) is 0 Å². The summed E-state index contributed by atoms with van der Waals surface area (Å²) in [5.41, 5.74) is 4.47. The van der Waals surface area contributed by atoms with Gasteiger partial charge < -0.3 is 19.6 Å². The standard InChI is InChI=1S/C35H35ClN4O4S/c36-30-12-10-28(11-13-30)35(44)39-23-29-9-3-25(6-14-32(41)37-17-19-45-20-18-37)21-31(29)40(33(42)24-39)22-26-4-7-27(8-5-26)34(43)38-15-1-2-16-38/h1-5,7-13,21H,6,14-20,22-24H2. The number of halogens is 1. The van der Waals surface area contributed by atoms with Crippen LogP contribution < -0.4 is 4.90 Å². The van der Waals surface area contributed by atoms with Gasteiger partial charge >= 0.3 is 0 Å². The van der Waals surface area contributed by atoms with Gasteiger partial charge in [0.1, 0.15) is 6.54 Å². The lowest BCUT2D eigenvalue weighted by molar-refractivity contribution is -0.130. The lowest BCUT2D eigenvalue weighted by atomic mass is 10.0. The van der Waals surface area contributed by atoms with Gasteiger partial charge in [0.2, 0.25) is 11.8 Å². The van der Waals surface area contributed by atoms with Crippen LogP contribution in [0.15, 0.2) is 78.9 Å². The lowest BCUT2D eigenvalue weighted by Gasteiger charge is -2.26. The molecular formula is C35H35ClN4O4S. The topological polar surface area (TPSA) is 81.2 Å². The van der Waals surface area contributed by atoms with Crippen LogP contribution in [0.4, 0.5) is 5.69 Å².